The van der Waals surface area contributed by atoms with Crippen molar-refractivity contribution in [2.45, 2.75) is 32.2 Å². The maximum absolute atomic E-state index is 10.6. The van der Waals surface area contributed by atoms with Crippen LogP contribution in [-0.4, -0.2) is 29.1 Å². The summed E-state index contributed by atoms with van der Waals surface area (Å²) in [6.45, 7) is 3.78. The Morgan fingerprint density at radius 1 is 1.53 bits per heavy atom. The van der Waals surface area contributed by atoms with Gasteiger partial charge in [-0.25, -0.2) is 0 Å². The fourth-order valence-electron chi connectivity index (χ4n) is 2.59. The normalized spacial score (nSPS) is 20.6. The molecule has 0 radical (unpaired) electrons. The zero-order chi connectivity index (χ0) is 12.3. The molecule has 17 heavy (non-hydrogen) atoms. The summed E-state index contributed by atoms with van der Waals surface area (Å²) in [5, 5.41) is 8.75. The van der Waals surface area contributed by atoms with Gasteiger partial charge in [-0.3, -0.25) is 9.69 Å². The molecular weight excluding hydrogens is 214 g/mol. The molecule has 1 unspecified atom stereocenters. The number of carboxylic acids is 1. The van der Waals surface area contributed by atoms with E-state index in [0.29, 0.717) is 12.6 Å². The first kappa shape index (κ1) is 12.1. The zero-order valence-electron chi connectivity index (χ0n) is 10.2. The largest absolute Gasteiger partial charge is 0.481 e. The average Bonchev–Trinajstić information content (AvgIpc) is 2.74. The molecule has 3 heteroatoms. The lowest BCUT2D eigenvalue weighted by Gasteiger charge is -2.24. The van der Waals surface area contributed by atoms with Crippen molar-refractivity contribution in [3.05, 3.63) is 35.4 Å². The van der Waals surface area contributed by atoms with Crippen molar-refractivity contribution in [1.29, 1.82) is 0 Å². The van der Waals surface area contributed by atoms with Gasteiger partial charge in [-0.05, 0) is 31.9 Å². The van der Waals surface area contributed by atoms with Crippen molar-refractivity contribution in [1.82, 2.24) is 4.90 Å². The van der Waals surface area contributed by atoms with E-state index in [2.05, 4.69) is 36.1 Å². The predicted octanol–water partition coefficient (Wildman–Crippen LogP) is 2.61. The van der Waals surface area contributed by atoms with Crippen LogP contribution in [0.4, 0.5) is 0 Å². The number of carbonyl (C=O) groups is 1. The number of aryl methyl sites for hydroxylation is 1. The molecule has 0 saturated carbocycles. The van der Waals surface area contributed by atoms with E-state index in [1.807, 2.05) is 0 Å². The van der Waals surface area contributed by atoms with Gasteiger partial charge in [-0.15, -0.1) is 0 Å². The molecule has 3 nitrogen and oxygen atoms in total. The van der Waals surface area contributed by atoms with Crippen LogP contribution in [0.3, 0.4) is 0 Å². The second-order valence-corrected chi connectivity index (χ2v) is 4.75. The number of aliphatic carboxylic acids is 1. The number of benzene rings is 1. The number of carboxylic acid groups (broad SMARTS) is 1. The molecule has 0 amide bonds. The summed E-state index contributed by atoms with van der Waals surface area (Å²) in [5.74, 6) is -0.708. The van der Waals surface area contributed by atoms with Crippen LogP contribution in [-0.2, 0) is 4.79 Å². The predicted molar refractivity (Wildman–Crippen MR) is 67.0 cm³/mol. The van der Waals surface area contributed by atoms with Crippen molar-refractivity contribution in [3.63, 3.8) is 0 Å². The highest BCUT2D eigenvalue weighted by Gasteiger charge is 2.25. The summed E-state index contributed by atoms with van der Waals surface area (Å²) in [4.78, 5) is 12.9. The maximum atomic E-state index is 10.6. The molecule has 1 saturated heterocycles. The Morgan fingerprint density at radius 3 is 3.06 bits per heavy atom. The summed E-state index contributed by atoms with van der Waals surface area (Å²) in [5.41, 5.74) is 2.60. The first-order valence-electron chi connectivity index (χ1n) is 6.19. The van der Waals surface area contributed by atoms with Gasteiger partial charge >= 0.3 is 5.97 Å². The molecule has 1 aromatic carbocycles. The third-order valence-electron chi connectivity index (χ3n) is 3.40. The second kappa shape index (κ2) is 5.32. The topological polar surface area (TPSA) is 40.5 Å². The third-order valence-corrected chi connectivity index (χ3v) is 3.40. The van der Waals surface area contributed by atoms with Crippen molar-refractivity contribution in [2.75, 3.05) is 13.1 Å². The maximum Gasteiger partial charge on any atom is 0.304 e. The summed E-state index contributed by atoms with van der Waals surface area (Å²) in [7, 11) is 0. The molecule has 1 N–H and O–H groups in total. The number of hydrogen-bond acceptors (Lipinski definition) is 2. The monoisotopic (exact) mass is 233 g/mol. The summed E-state index contributed by atoms with van der Waals surface area (Å²) in [6.07, 6.45) is 2.55. The van der Waals surface area contributed by atoms with Crippen LogP contribution in [0.25, 0.3) is 0 Å². The van der Waals surface area contributed by atoms with Gasteiger partial charge in [0.25, 0.3) is 0 Å². The third kappa shape index (κ3) is 3.07. The quantitative estimate of drug-likeness (QED) is 0.869. The lowest BCUT2D eigenvalue weighted by atomic mass is 10.0. The van der Waals surface area contributed by atoms with E-state index < -0.39 is 5.97 Å². The van der Waals surface area contributed by atoms with Crippen LogP contribution in [0.2, 0.25) is 0 Å². The molecule has 1 fully saturated rings. The second-order valence-electron chi connectivity index (χ2n) is 4.75. The van der Waals surface area contributed by atoms with Crippen LogP contribution in [0, 0.1) is 6.92 Å². The number of rotatable bonds is 4. The van der Waals surface area contributed by atoms with Gasteiger partial charge < -0.3 is 5.11 Å². The summed E-state index contributed by atoms with van der Waals surface area (Å²) < 4.78 is 0. The summed E-state index contributed by atoms with van der Waals surface area (Å²) >= 11 is 0. The fraction of sp³-hybridized carbons (Fsp3) is 0.500. The van der Waals surface area contributed by atoms with Crippen LogP contribution in [0.15, 0.2) is 24.3 Å². The van der Waals surface area contributed by atoms with E-state index in [-0.39, 0.29) is 6.42 Å². The highest BCUT2D eigenvalue weighted by molar-refractivity contribution is 5.66. The van der Waals surface area contributed by atoms with Gasteiger partial charge in [0.15, 0.2) is 0 Å². The van der Waals surface area contributed by atoms with Crippen molar-refractivity contribution >= 4 is 5.97 Å². The van der Waals surface area contributed by atoms with Crippen LogP contribution < -0.4 is 0 Å². The molecule has 1 aliphatic heterocycles. The lowest BCUT2D eigenvalue weighted by Crippen LogP contribution is -2.26. The molecule has 0 aromatic heterocycles. The van der Waals surface area contributed by atoms with E-state index in [0.717, 1.165) is 19.4 Å². The smallest absolute Gasteiger partial charge is 0.304 e. The number of hydrogen-bond donors (Lipinski definition) is 1. The van der Waals surface area contributed by atoms with Crippen molar-refractivity contribution in [3.8, 4) is 0 Å². The minimum Gasteiger partial charge on any atom is -0.481 e. The molecule has 2 rings (SSSR count). The summed E-state index contributed by atoms with van der Waals surface area (Å²) in [6, 6.07) is 8.95. The molecule has 0 aliphatic carbocycles. The minimum absolute atomic E-state index is 0.238. The van der Waals surface area contributed by atoms with Gasteiger partial charge in [0, 0.05) is 12.6 Å². The van der Waals surface area contributed by atoms with Gasteiger partial charge in [0.1, 0.15) is 0 Å². The molecule has 92 valence electrons. The van der Waals surface area contributed by atoms with E-state index in [4.69, 9.17) is 5.11 Å². The molecule has 1 aromatic rings. The number of nitrogens with zero attached hydrogens (tertiary/aromatic N) is 1. The van der Waals surface area contributed by atoms with Crippen LogP contribution >= 0.6 is 0 Å². The SMILES string of the molecule is Cc1cccc(C2CCCN2CCC(=O)O)c1. The Labute approximate surface area is 102 Å². The Kier molecular flexibility index (Phi) is 3.79. The average molecular weight is 233 g/mol. The van der Waals surface area contributed by atoms with Crippen LogP contribution in [0.5, 0.6) is 0 Å². The highest BCUT2D eigenvalue weighted by atomic mass is 16.4. The number of likely N-dealkylation sites (tertiary alicyclic amines) is 1. The molecule has 1 atom stereocenters. The van der Waals surface area contributed by atoms with E-state index in [9.17, 15) is 4.79 Å². The van der Waals surface area contributed by atoms with Crippen molar-refractivity contribution < 1.29 is 9.90 Å². The highest BCUT2D eigenvalue weighted by Crippen LogP contribution is 2.32. The molecular formula is C14H19NO2. The Bertz CT molecular complexity index is 403. The fourth-order valence-corrected chi connectivity index (χ4v) is 2.59. The van der Waals surface area contributed by atoms with Crippen LogP contribution in [0.1, 0.15) is 36.4 Å². The minimum atomic E-state index is -0.708. The van der Waals surface area contributed by atoms with Gasteiger partial charge in [-0.1, -0.05) is 29.8 Å². The van der Waals surface area contributed by atoms with E-state index in [1.165, 1.54) is 11.1 Å². The Morgan fingerprint density at radius 2 is 2.35 bits per heavy atom. The standard InChI is InChI=1S/C14H19NO2/c1-11-4-2-5-12(10-11)13-6-3-8-15(13)9-7-14(16)17/h2,4-5,10,13H,3,6-9H2,1H3,(H,16,17). The van der Waals surface area contributed by atoms with Crippen molar-refractivity contribution in [2.24, 2.45) is 0 Å². The Balaban J connectivity index is 2.06. The first-order chi connectivity index (χ1) is 8.16. The Hall–Kier alpha value is -1.35. The zero-order valence-corrected chi connectivity index (χ0v) is 10.2. The van der Waals surface area contributed by atoms with E-state index in [1.54, 1.807) is 0 Å². The van der Waals surface area contributed by atoms with Gasteiger partial charge in [-0.2, -0.15) is 0 Å². The van der Waals surface area contributed by atoms with Gasteiger partial charge in [0.05, 0.1) is 6.42 Å². The van der Waals surface area contributed by atoms with E-state index >= 15 is 0 Å². The molecule has 0 bridgehead atoms. The molecule has 1 aliphatic rings. The van der Waals surface area contributed by atoms with Gasteiger partial charge in [0.2, 0.25) is 0 Å². The molecule has 0 spiro atoms. The molecule has 1 heterocycles. The lowest BCUT2D eigenvalue weighted by molar-refractivity contribution is -0.137. The first-order valence-corrected chi connectivity index (χ1v) is 6.19.